The molecule has 2 rings (SSSR count). The number of aryl methyl sites for hydroxylation is 1. The minimum Gasteiger partial charge on any atom is -0.487 e. The molecule has 0 spiro atoms. The van der Waals surface area contributed by atoms with Gasteiger partial charge >= 0.3 is 5.97 Å². The lowest BCUT2D eigenvalue weighted by atomic mass is 9.99. The molecule has 3 unspecified atom stereocenters. The van der Waals surface area contributed by atoms with Crippen LogP contribution in [0.15, 0.2) is 18.2 Å². The molecule has 0 saturated carbocycles. The normalized spacial score (nSPS) is 19.4. The zero-order valence-electron chi connectivity index (χ0n) is 12.4. The molecule has 4 nitrogen and oxygen atoms in total. The monoisotopic (exact) mass is 314 g/mol. The zero-order valence-corrected chi connectivity index (χ0v) is 13.5. The topological polar surface area (TPSA) is 44.8 Å². The van der Waals surface area contributed by atoms with E-state index in [1.807, 2.05) is 0 Å². The Kier molecular flexibility index (Phi) is 4.84. The third-order valence-electron chi connectivity index (χ3n) is 3.12. The second kappa shape index (κ2) is 6.29. The fourth-order valence-corrected chi connectivity index (χ4v) is 2.53. The van der Waals surface area contributed by atoms with Gasteiger partial charge < -0.3 is 14.0 Å². The SMILES string of the molecule is CC(C)(C)OC(=O)C(OP)C1CCc2cc(F)ccc2O1. The molecule has 0 radical (unpaired) electrons. The van der Waals surface area contributed by atoms with Crippen molar-refractivity contribution in [2.45, 2.75) is 51.4 Å². The molecule has 1 aliphatic heterocycles. The predicted molar refractivity (Wildman–Crippen MR) is 79.6 cm³/mol. The van der Waals surface area contributed by atoms with Crippen LogP contribution in [0.4, 0.5) is 4.39 Å². The lowest BCUT2D eigenvalue weighted by Gasteiger charge is -2.31. The van der Waals surface area contributed by atoms with Gasteiger partial charge in [-0.2, -0.15) is 0 Å². The summed E-state index contributed by atoms with van der Waals surface area (Å²) in [4.78, 5) is 12.2. The number of ether oxygens (including phenoxy) is 2. The quantitative estimate of drug-likeness (QED) is 0.635. The number of benzene rings is 1. The zero-order chi connectivity index (χ0) is 15.6. The van der Waals surface area contributed by atoms with Crippen molar-refractivity contribution in [2.75, 3.05) is 0 Å². The molecule has 1 heterocycles. The highest BCUT2D eigenvalue weighted by molar-refractivity contribution is 7.09. The average molecular weight is 314 g/mol. The van der Waals surface area contributed by atoms with Crippen molar-refractivity contribution in [3.63, 3.8) is 0 Å². The number of carbonyl (C=O) groups excluding carboxylic acids is 1. The summed E-state index contributed by atoms with van der Waals surface area (Å²) in [5, 5.41) is 0. The summed E-state index contributed by atoms with van der Waals surface area (Å²) >= 11 is 0. The number of hydrogen-bond donors (Lipinski definition) is 0. The maximum atomic E-state index is 13.2. The molecule has 0 saturated heterocycles. The molecule has 1 aliphatic rings. The summed E-state index contributed by atoms with van der Waals surface area (Å²) in [5.41, 5.74) is 0.215. The van der Waals surface area contributed by atoms with Crippen molar-refractivity contribution in [2.24, 2.45) is 0 Å². The van der Waals surface area contributed by atoms with E-state index in [0.29, 0.717) is 18.6 Å². The van der Waals surface area contributed by atoms with E-state index in [2.05, 4.69) is 9.47 Å². The minimum absolute atomic E-state index is 0.290. The number of halogens is 1. The lowest BCUT2D eigenvalue weighted by molar-refractivity contribution is -0.167. The first-order chi connectivity index (χ1) is 9.80. The Bertz CT molecular complexity index is 527. The maximum absolute atomic E-state index is 13.2. The molecule has 0 bridgehead atoms. The molecule has 0 fully saturated rings. The van der Waals surface area contributed by atoms with Crippen molar-refractivity contribution in [1.82, 2.24) is 0 Å². The van der Waals surface area contributed by atoms with Crippen LogP contribution < -0.4 is 4.74 Å². The van der Waals surface area contributed by atoms with E-state index in [4.69, 9.17) is 14.0 Å². The first-order valence-electron chi connectivity index (χ1n) is 6.83. The van der Waals surface area contributed by atoms with E-state index in [1.54, 1.807) is 26.8 Å². The second-order valence-corrected chi connectivity index (χ2v) is 6.31. The van der Waals surface area contributed by atoms with Crippen molar-refractivity contribution in [3.05, 3.63) is 29.6 Å². The summed E-state index contributed by atoms with van der Waals surface area (Å²) in [6.45, 7) is 5.39. The van der Waals surface area contributed by atoms with Crippen molar-refractivity contribution in [1.29, 1.82) is 0 Å². The van der Waals surface area contributed by atoms with Crippen LogP contribution in [0.25, 0.3) is 0 Å². The van der Waals surface area contributed by atoms with Gasteiger partial charge in [-0.05, 0) is 57.4 Å². The highest BCUT2D eigenvalue weighted by Gasteiger charge is 2.36. The van der Waals surface area contributed by atoms with Crippen molar-refractivity contribution >= 4 is 15.4 Å². The van der Waals surface area contributed by atoms with E-state index in [0.717, 1.165) is 5.56 Å². The molecule has 0 aromatic heterocycles. The van der Waals surface area contributed by atoms with E-state index in [9.17, 15) is 9.18 Å². The van der Waals surface area contributed by atoms with E-state index in [1.165, 1.54) is 12.1 Å². The third-order valence-corrected chi connectivity index (χ3v) is 3.42. The summed E-state index contributed by atoms with van der Waals surface area (Å²) < 4.78 is 29.5. The van der Waals surface area contributed by atoms with E-state index in [-0.39, 0.29) is 5.82 Å². The van der Waals surface area contributed by atoms with Crippen molar-refractivity contribution in [3.8, 4) is 5.75 Å². The summed E-state index contributed by atoms with van der Waals surface area (Å²) in [6, 6.07) is 4.37. The van der Waals surface area contributed by atoms with Gasteiger partial charge in [0.25, 0.3) is 0 Å². The molecule has 116 valence electrons. The fourth-order valence-electron chi connectivity index (χ4n) is 2.25. The maximum Gasteiger partial charge on any atom is 0.340 e. The molecule has 21 heavy (non-hydrogen) atoms. The standard InChI is InChI=1S/C15H20FO4P/c1-15(2,3)19-14(17)13(20-21)12-6-4-9-8-10(16)5-7-11(9)18-12/h5,7-8,12-13H,4,6,21H2,1-3H3. The first-order valence-corrected chi connectivity index (χ1v) is 7.31. The highest BCUT2D eigenvalue weighted by atomic mass is 31.0. The highest BCUT2D eigenvalue weighted by Crippen LogP contribution is 2.31. The van der Waals surface area contributed by atoms with E-state index >= 15 is 0 Å². The van der Waals surface area contributed by atoms with E-state index < -0.39 is 23.8 Å². The first kappa shape index (κ1) is 16.2. The molecule has 1 aromatic rings. The Labute approximate surface area is 126 Å². The number of fused-ring (bicyclic) bond motifs is 1. The second-order valence-electron chi connectivity index (χ2n) is 6.04. The van der Waals surface area contributed by atoms with Gasteiger partial charge in [-0.1, -0.05) is 0 Å². The van der Waals surface area contributed by atoms with Crippen molar-refractivity contribution < 1.29 is 23.2 Å². The molecule has 0 amide bonds. The van der Waals surface area contributed by atoms with Crippen LogP contribution in [-0.4, -0.2) is 23.8 Å². The number of rotatable bonds is 3. The van der Waals surface area contributed by atoms with Crippen LogP contribution >= 0.6 is 9.47 Å². The molecule has 6 heteroatoms. The third kappa shape index (κ3) is 4.14. The van der Waals surface area contributed by atoms with Crippen LogP contribution in [0, 0.1) is 5.82 Å². The van der Waals surface area contributed by atoms with Crippen LogP contribution in [0.1, 0.15) is 32.8 Å². The number of carbonyl (C=O) groups is 1. The minimum atomic E-state index is -0.826. The largest absolute Gasteiger partial charge is 0.487 e. The molecule has 0 N–H and O–H groups in total. The van der Waals surface area contributed by atoms with Crippen LogP contribution in [-0.2, 0) is 20.5 Å². The molecule has 0 aliphatic carbocycles. The molecular weight excluding hydrogens is 294 g/mol. The molecular formula is C15H20FO4P. The Morgan fingerprint density at radius 3 is 2.81 bits per heavy atom. The Morgan fingerprint density at radius 1 is 1.48 bits per heavy atom. The fraction of sp³-hybridized carbons (Fsp3) is 0.533. The summed E-state index contributed by atoms with van der Waals surface area (Å²) in [6.07, 6.45) is -0.0809. The summed E-state index contributed by atoms with van der Waals surface area (Å²) in [5.74, 6) is -0.168. The van der Waals surface area contributed by atoms with Gasteiger partial charge in [-0.3, -0.25) is 0 Å². The van der Waals surface area contributed by atoms with Crippen LogP contribution in [0.2, 0.25) is 0 Å². The van der Waals surface area contributed by atoms with Gasteiger partial charge in [-0.25, -0.2) is 9.18 Å². The Hall–Kier alpha value is -1.19. The van der Waals surface area contributed by atoms with Crippen LogP contribution in [0.5, 0.6) is 5.75 Å². The number of esters is 1. The predicted octanol–water partition coefficient (Wildman–Crippen LogP) is 3.04. The van der Waals surface area contributed by atoms with Crippen LogP contribution in [0.3, 0.4) is 0 Å². The molecule has 3 atom stereocenters. The van der Waals surface area contributed by atoms with Gasteiger partial charge in [0, 0.05) is 9.47 Å². The Balaban J connectivity index is 2.11. The average Bonchev–Trinajstić information content (AvgIpc) is 2.37. The lowest BCUT2D eigenvalue weighted by Crippen LogP contribution is -2.44. The van der Waals surface area contributed by atoms with Gasteiger partial charge in [0.15, 0.2) is 6.10 Å². The Morgan fingerprint density at radius 2 is 2.19 bits per heavy atom. The number of hydrogen-bond acceptors (Lipinski definition) is 4. The summed E-state index contributed by atoms with van der Waals surface area (Å²) in [7, 11) is 2.08. The van der Waals surface area contributed by atoms with Gasteiger partial charge in [0.2, 0.25) is 0 Å². The van der Waals surface area contributed by atoms with Gasteiger partial charge in [0.1, 0.15) is 23.3 Å². The van der Waals surface area contributed by atoms with Gasteiger partial charge in [0.05, 0.1) is 0 Å². The molecule has 1 aromatic carbocycles. The smallest absolute Gasteiger partial charge is 0.340 e. The van der Waals surface area contributed by atoms with Gasteiger partial charge in [-0.15, -0.1) is 0 Å².